The Morgan fingerprint density at radius 3 is 2.46 bits per heavy atom. The third-order valence-corrected chi connectivity index (χ3v) is 4.53. The van der Waals surface area contributed by atoms with Crippen LogP contribution in [0.25, 0.3) is 0 Å². The molecule has 5 nitrogen and oxygen atoms in total. The van der Waals surface area contributed by atoms with Gasteiger partial charge in [-0.1, -0.05) is 29.8 Å². The molecule has 0 spiro atoms. The van der Waals surface area contributed by atoms with Gasteiger partial charge in [-0.05, 0) is 24.3 Å². The van der Waals surface area contributed by atoms with Gasteiger partial charge in [0.15, 0.2) is 11.5 Å². The van der Waals surface area contributed by atoms with E-state index in [2.05, 4.69) is 4.90 Å². The smallest absolute Gasteiger partial charge is 0.257 e. The van der Waals surface area contributed by atoms with Crippen LogP contribution in [0.4, 0.5) is 5.69 Å². The molecule has 24 heavy (non-hydrogen) atoms. The maximum Gasteiger partial charge on any atom is 0.257 e. The van der Waals surface area contributed by atoms with E-state index in [1.807, 2.05) is 24.3 Å². The molecule has 1 aliphatic rings. The SMILES string of the molecule is COc1cccc(C(=O)N2CCN(c3ccccc3Cl)CC2)c1O. The van der Waals surface area contributed by atoms with Crippen LogP contribution >= 0.6 is 11.6 Å². The highest BCUT2D eigenvalue weighted by molar-refractivity contribution is 6.33. The molecule has 1 aliphatic heterocycles. The summed E-state index contributed by atoms with van der Waals surface area (Å²) in [6, 6.07) is 12.6. The Kier molecular flexibility index (Phi) is 4.81. The molecule has 1 fully saturated rings. The second-order valence-corrected chi connectivity index (χ2v) is 5.99. The molecule has 0 radical (unpaired) electrons. The fraction of sp³-hybridized carbons (Fsp3) is 0.278. The van der Waals surface area contributed by atoms with Crippen molar-refractivity contribution in [2.24, 2.45) is 0 Å². The van der Waals surface area contributed by atoms with E-state index in [0.29, 0.717) is 37.0 Å². The molecule has 0 unspecified atom stereocenters. The maximum atomic E-state index is 12.7. The Morgan fingerprint density at radius 1 is 1.08 bits per heavy atom. The summed E-state index contributed by atoms with van der Waals surface area (Å²) < 4.78 is 5.07. The number of carbonyl (C=O) groups is 1. The first kappa shape index (κ1) is 16.5. The molecule has 6 heteroatoms. The van der Waals surface area contributed by atoms with Crippen LogP contribution in [0, 0.1) is 0 Å². The van der Waals surface area contributed by atoms with Gasteiger partial charge in [-0.3, -0.25) is 4.79 Å². The molecule has 0 aliphatic carbocycles. The minimum Gasteiger partial charge on any atom is -0.504 e. The Balaban J connectivity index is 1.71. The van der Waals surface area contributed by atoms with E-state index in [9.17, 15) is 9.90 Å². The van der Waals surface area contributed by atoms with Crippen LogP contribution < -0.4 is 9.64 Å². The van der Waals surface area contributed by atoms with Gasteiger partial charge in [0, 0.05) is 26.2 Å². The van der Waals surface area contributed by atoms with Crippen molar-refractivity contribution in [1.82, 2.24) is 4.90 Å². The van der Waals surface area contributed by atoms with Gasteiger partial charge in [0.25, 0.3) is 5.91 Å². The van der Waals surface area contributed by atoms with Crippen LogP contribution in [0.15, 0.2) is 42.5 Å². The highest BCUT2D eigenvalue weighted by atomic mass is 35.5. The molecule has 0 aromatic heterocycles. The molecule has 1 saturated heterocycles. The molecule has 3 rings (SSSR count). The Bertz CT molecular complexity index is 743. The van der Waals surface area contributed by atoms with E-state index in [1.54, 1.807) is 23.1 Å². The first-order valence-corrected chi connectivity index (χ1v) is 8.14. The number of methoxy groups -OCH3 is 1. The zero-order chi connectivity index (χ0) is 17.1. The lowest BCUT2D eigenvalue weighted by molar-refractivity contribution is 0.0743. The summed E-state index contributed by atoms with van der Waals surface area (Å²) >= 11 is 6.24. The number of ether oxygens (including phenoxy) is 1. The fourth-order valence-electron chi connectivity index (χ4n) is 2.89. The number of rotatable bonds is 3. The van der Waals surface area contributed by atoms with Crippen molar-refractivity contribution < 1.29 is 14.6 Å². The number of carbonyl (C=O) groups excluding carboxylic acids is 1. The van der Waals surface area contributed by atoms with Gasteiger partial charge in [0.1, 0.15) is 0 Å². The standard InChI is InChI=1S/C18H19ClN2O3/c1-24-16-8-4-5-13(17(16)22)18(23)21-11-9-20(10-12-21)15-7-3-2-6-14(15)19/h2-8,22H,9-12H2,1H3. The second-order valence-electron chi connectivity index (χ2n) is 5.59. The second kappa shape index (κ2) is 7.01. The lowest BCUT2D eigenvalue weighted by Gasteiger charge is -2.36. The lowest BCUT2D eigenvalue weighted by atomic mass is 10.1. The molecule has 1 amide bonds. The van der Waals surface area contributed by atoms with Gasteiger partial charge in [-0.25, -0.2) is 0 Å². The van der Waals surface area contributed by atoms with E-state index >= 15 is 0 Å². The van der Waals surface area contributed by atoms with Crippen molar-refractivity contribution in [2.75, 3.05) is 38.2 Å². The number of aromatic hydroxyl groups is 1. The number of piperazine rings is 1. The average Bonchev–Trinajstić information content (AvgIpc) is 2.62. The van der Waals surface area contributed by atoms with Gasteiger partial charge >= 0.3 is 0 Å². The highest BCUT2D eigenvalue weighted by Crippen LogP contribution is 2.31. The lowest BCUT2D eigenvalue weighted by Crippen LogP contribution is -2.48. The summed E-state index contributed by atoms with van der Waals surface area (Å²) in [5, 5.41) is 10.9. The van der Waals surface area contributed by atoms with Crippen LogP contribution in [-0.4, -0.2) is 49.2 Å². The predicted octanol–water partition coefficient (Wildman–Crippen LogP) is 3.02. The Hall–Kier alpha value is -2.40. The van der Waals surface area contributed by atoms with Crippen molar-refractivity contribution >= 4 is 23.2 Å². The first-order chi connectivity index (χ1) is 11.6. The van der Waals surface area contributed by atoms with Gasteiger partial charge in [-0.2, -0.15) is 0 Å². The van der Waals surface area contributed by atoms with E-state index in [-0.39, 0.29) is 17.2 Å². The zero-order valence-electron chi connectivity index (χ0n) is 13.4. The summed E-state index contributed by atoms with van der Waals surface area (Å²) in [7, 11) is 1.46. The average molecular weight is 347 g/mol. The quantitative estimate of drug-likeness (QED) is 0.928. The number of halogens is 1. The van der Waals surface area contributed by atoms with Gasteiger partial charge in [-0.15, -0.1) is 0 Å². The van der Waals surface area contributed by atoms with Gasteiger partial charge in [0.05, 0.1) is 23.4 Å². The van der Waals surface area contributed by atoms with Crippen LogP contribution in [0.3, 0.4) is 0 Å². The topological polar surface area (TPSA) is 53.0 Å². The van der Waals surface area contributed by atoms with Gasteiger partial charge in [0.2, 0.25) is 0 Å². The number of hydrogen-bond acceptors (Lipinski definition) is 4. The number of benzene rings is 2. The summed E-state index contributed by atoms with van der Waals surface area (Å²) in [6.45, 7) is 2.53. The van der Waals surface area contributed by atoms with Crippen molar-refractivity contribution in [3.8, 4) is 11.5 Å². The van der Waals surface area contributed by atoms with E-state index in [0.717, 1.165) is 5.69 Å². The third-order valence-electron chi connectivity index (χ3n) is 4.21. The fourth-order valence-corrected chi connectivity index (χ4v) is 3.14. The summed E-state index contributed by atoms with van der Waals surface area (Å²) in [5.74, 6) is -0.000652. The van der Waals surface area contributed by atoms with Crippen molar-refractivity contribution in [3.63, 3.8) is 0 Å². The number of phenolic OH excluding ortho intramolecular Hbond substituents is 1. The number of hydrogen-bond donors (Lipinski definition) is 1. The molecule has 0 bridgehead atoms. The first-order valence-electron chi connectivity index (χ1n) is 7.76. The highest BCUT2D eigenvalue weighted by Gasteiger charge is 2.25. The predicted molar refractivity (Wildman–Crippen MR) is 94.2 cm³/mol. The number of amides is 1. The number of anilines is 1. The maximum absolute atomic E-state index is 12.7. The van der Waals surface area contributed by atoms with Crippen molar-refractivity contribution in [1.29, 1.82) is 0 Å². The van der Waals surface area contributed by atoms with E-state index in [1.165, 1.54) is 7.11 Å². The molecule has 2 aromatic rings. The largest absolute Gasteiger partial charge is 0.504 e. The van der Waals surface area contributed by atoms with Crippen molar-refractivity contribution in [2.45, 2.75) is 0 Å². The van der Waals surface area contributed by atoms with Crippen LogP contribution in [0.2, 0.25) is 5.02 Å². The summed E-state index contributed by atoms with van der Waals surface area (Å²) in [5.41, 5.74) is 1.25. The Labute approximate surface area is 146 Å². The summed E-state index contributed by atoms with van der Waals surface area (Å²) in [4.78, 5) is 16.6. The molecule has 126 valence electrons. The van der Waals surface area contributed by atoms with E-state index < -0.39 is 0 Å². The molecular formula is C18H19ClN2O3. The third kappa shape index (κ3) is 3.12. The van der Waals surface area contributed by atoms with Crippen molar-refractivity contribution in [3.05, 3.63) is 53.1 Å². The number of phenols is 1. The Morgan fingerprint density at radius 2 is 1.79 bits per heavy atom. The number of nitrogens with zero attached hydrogens (tertiary/aromatic N) is 2. The van der Waals surface area contributed by atoms with Crippen LogP contribution in [0.1, 0.15) is 10.4 Å². The molecular weight excluding hydrogens is 328 g/mol. The molecule has 1 N–H and O–H groups in total. The van der Waals surface area contributed by atoms with E-state index in [4.69, 9.17) is 16.3 Å². The molecule has 0 atom stereocenters. The summed E-state index contributed by atoms with van der Waals surface area (Å²) in [6.07, 6.45) is 0. The molecule has 0 saturated carbocycles. The minimum atomic E-state index is -0.190. The van der Waals surface area contributed by atoms with Crippen LogP contribution in [0.5, 0.6) is 11.5 Å². The normalized spacial score (nSPS) is 14.6. The molecule has 2 aromatic carbocycles. The molecule has 1 heterocycles. The zero-order valence-corrected chi connectivity index (χ0v) is 14.2. The monoisotopic (exact) mass is 346 g/mol. The van der Waals surface area contributed by atoms with Gasteiger partial charge < -0.3 is 19.6 Å². The van der Waals surface area contributed by atoms with Crippen LogP contribution in [-0.2, 0) is 0 Å². The number of para-hydroxylation sites is 2. The minimum absolute atomic E-state index is 0.112.